The molecule has 2 aromatic rings. The number of rotatable bonds is 5. The largest absolute Gasteiger partial charge is 0.481 e. The molecule has 6 heteroatoms. The van der Waals surface area contributed by atoms with Crippen LogP contribution >= 0.6 is 0 Å². The van der Waals surface area contributed by atoms with Gasteiger partial charge in [0.1, 0.15) is 5.82 Å². The molecule has 34 heavy (non-hydrogen) atoms. The van der Waals surface area contributed by atoms with Gasteiger partial charge in [-0.1, -0.05) is 19.1 Å². The van der Waals surface area contributed by atoms with E-state index in [4.69, 9.17) is 5.11 Å². The number of nitrogens with one attached hydrogen (secondary N) is 1. The van der Waals surface area contributed by atoms with Gasteiger partial charge in [0.15, 0.2) is 0 Å². The normalized spacial score (nSPS) is 28.2. The Balaban J connectivity index is 1.35. The predicted octanol–water partition coefficient (Wildman–Crippen LogP) is 5.36. The number of pyridine rings is 1. The van der Waals surface area contributed by atoms with E-state index in [1.54, 1.807) is 19.2 Å². The fraction of sp³-hybridized carbons (Fsp3) is 0.464. The van der Waals surface area contributed by atoms with Crippen LogP contribution in [0.2, 0.25) is 0 Å². The van der Waals surface area contributed by atoms with Gasteiger partial charge < -0.3 is 10.4 Å². The molecule has 1 fully saturated rings. The van der Waals surface area contributed by atoms with Crippen molar-refractivity contribution in [3.63, 3.8) is 0 Å². The average Bonchev–Trinajstić information content (AvgIpc) is 3.15. The predicted molar refractivity (Wildman–Crippen MR) is 128 cm³/mol. The van der Waals surface area contributed by atoms with Crippen molar-refractivity contribution in [1.29, 1.82) is 0 Å². The van der Waals surface area contributed by atoms with Gasteiger partial charge in [0, 0.05) is 17.8 Å². The fourth-order valence-electron chi connectivity index (χ4n) is 6.92. The molecule has 0 aliphatic heterocycles. The number of hydrogen-bond acceptors (Lipinski definition) is 3. The van der Waals surface area contributed by atoms with Gasteiger partial charge in [0.25, 0.3) is 5.91 Å². The van der Waals surface area contributed by atoms with E-state index in [0.29, 0.717) is 23.3 Å². The first-order chi connectivity index (χ1) is 16.3. The molecule has 0 spiro atoms. The van der Waals surface area contributed by atoms with E-state index in [1.807, 2.05) is 12.1 Å². The van der Waals surface area contributed by atoms with Crippen LogP contribution < -0.4 is 5.32 Å². The summed E-state index contributed by atoms with van der Waals surface area (Å²) < 4.78 is 13.9. The Kier molecular flexibility index (Phi) is 5.78. The number of allylic oxidation sites excluding steroid dienone is 2. The van der Waals surface area contributed by atoms with Gasteiger partial charge in [-0.15, -0.1) is 0 Å². The Morgan fingerprint density at radius 1 is 1.26 bits per heavy atom. The lowest BCUT2D eigenvalue weighted by Crippen LogP contribution is -2.41. The number of fused-ring (bicyclic) bond motifs is 5. The molecule has 1 aromatic heterocycles. The maximum atomic E-state index is 13.9. The van der Waals surface area contributed by atoms with Crippen LogP contribution in [0.25, 0.3) is 5.57 Å². The quantitative estimate of drug-likeness (QED) is 0.627. The Bertz CT molecular complexity index is 1180. The number of carbonyl (C=O) groups excluding carboxylic acids is 1. The van der Waals surface area contributed by atoms with Crippen LogP contribution in [0.5, 0.6) is 0 Å². The summed E-state index contributed by atoms with van der Waals surface area (Å²) in [6.45, 7) is 4.05. The molecule has 2 N–H and O–H groups in total. The average molecular weight is 463 g/mol. The number of carboxylic acid groups (broad SMARTS) is 1. The van der Waals surface area contributed by atoms with E-state index >= 15 is 0 Å². The van der Waals surface area contributed by atoms with Crippen molar-refractivity contribution in [2.45, 2.75) is 64.3 Å². The molecule has 178 valence electrons. The molecular formula is C28H31FN2O3. The molecule has 5 rings (SSSR count). The molecule has 1 amide bonds. The summed E-state index contributed by atoms with van der Waals surface area (Å²) in [5.74, 6) is 0.135. The summed E-state index contributed by atoms with van der Waals surface area (Å²) in [7, 11) is 0. The van der Waals surface area contributed by atoms with Crippen molar-refractivity contribution in [2.24, 2.45) is 17.3 Å². The lowest BCUT2D eigenvalue weighted by atomic mass is 9.54. The van der Waals surface area contributed by atoms with Gasteiger partial charge in [0.2, 0.25) is 0 Å². The SMILES string of the molecule is C[C@H](CC(=O)O)NC(=O)c1ccc2c(c1)CC[C@@H]1[C@@H]2CC[C@]2(C)C(c3cncc(F)c3)=CC[C@@H]12. The molecule has 1 saturated carbocycles. The van der Waals surface area contributed by atoms with E-state index in [1.165, 1.54) is 22.9 Å². The standard InChI is InChI=1S/C28H31FN2O3/c1-16(11-26(32)33)31-27(34)18-4-5-21-17(12-18)3-6-23-22(21)9-10-28(2)24(7-8-25(23)28)19-13-20(29)15-30-14-19/h4-5,7,12-16,22-23,25H,3,6,8-11H2,1-2H3,(H,31,34)(H,32,33)/t16-,22-,23-,25+,28-/m1/s1. The van der Waals surface area contributed by atoms with Crippen LogP contribution in [0.1, 0.15) is 78.9 Å². The van der Waals surface area contributed by atoms with Crippen molar-refractivity contribution in [3.05, 3.63) is 70.8 Å². The monoisotopic (exact) mass is 462 g/mol. The first-order valence-corrected chi connectivity index (χ1v) is 12.2. The second-order valence-electron chi connectivity index (χ2n) is 10.5. The number of hydrogen-bond donors (Lipinski definition) is 2. The number of carboxylic acids is 1. The number of aliphatic carboxylic acids is 1. The maximum Gasteiger partial charge on any atom is 0.305 e. The molecule has 5 nitrogen and oxygen atoms in total. The number of benzene rings is 1. The van der Waals surface area contributed by atoms with Gasteiger partial charge in [-0.2, -0.15) is 0 Å². The lowest BCUT2D eigenvalue weighted by Gasteiger charge is -2.50. The molecule has 3 aliphatic carbocycles. The molecule has 0 bridgehead atoms. The first-order valence-electron chi connectivity index (χ1n) is 12.2. The van der Waals surface area contributed by atoms with Gasteiger partial charge in [-0.3, -0.25) is 14.6 Å². The van der Waals surface area contributed by atoms with Crippen LogP contribution in [0, 0.1) is 23.1 Å². The van der Waals surface area contributed by atoms with Crippen molar-refractivity contribution in [1.82, 2.24) is 10.3 Å². The van der Waals surface area contributed by atoms with E-state index in [0.717, 1.165) is 37.7 Å². The minimum atomic E-state index is -0.924. The third-order valence-electron chi connectivity index (χ3n) is 8.44. The smallest absolute Gasteiger partial charge is 0.305 e. The van der Waals surface area contributed by atoms with E-state index in [9.17, 15) is 14.0 Å². The second kappa shape index (κ2) is 8.64. The zero-order chi connectivity index (χ0) is 24.0. The molecule has 0 saturated heterocycles. The molecule has 1 heterocycles. The van der Waals surface area contributed by atoms with Crippen molar-refractivity contribution in [3.8, 4) is 0 Å². The number of halogens is 1. The summed E-state index contributed by atoms with van der Waals surface area (Å²) >= 11 is 0. The summed E-state index contributed by atoms with van der Waals surface area (Å²) in [5, 5.41) is 11.7. The highest BCUT2D eigenvalue weighted by Gasteiger charge is 2.52. The maximum absolute atomic E-state index is 13.9. The summed E-state index contributed by atoms with van der Waals surface area (Å²) in [6.07, 6.45) is 10.4. The minimum Gasteiger partial charge on any atom is -0.481 e. The minimum absolute atomic E-state index is 0.0360. The molecule has 0 unspecified atom stereocenters. The number of amides is 1. The van der Waals surface area contributed by atoms with Gasteiger partial charge >= 0.3 is 5.97 Å². The summed E-state index contributed by atoms with van der Waals surface area (Å²) in [6, 6.07) is 7.19. The molecule has 5 atom stereocenters. The van der Waals surface area contributed by atoms with E-state index < -0.39 is 12.0 Å². The molecule has 0 radical (unpaired) electrons. The van der Waals surface area contributed by atoms with E-state index in [-0.39, 0.29) is 23.6 Å². The Hall–Kier alpha value is -3.02. The van der Waals surface area contributed by atoms with Crippen LogP contribution in [0.3, 0.4) is 0 Å². The zero-order valence-electron chi connectivity index (χ0n) is 19.7. The Morgan fingerprint density at radius 3 is 2.85 bits per heavy atom. The Labute approximate surface area is 199 Å². The number of aromatic nitrogens is 1. The number of aryl methyl sites for hydroxylation is 1. The fourth-order valence-corrected chi connectivity index (χ4v) is 6.92. The Morgan fingerprint density at radius 2 is 2.09 bits per heavy atom. The highest BCUT2D eigenvalue weighted by Crippen LogP contribution is 2.63. The van der Waals surface area contributed by atoms with Gasteiger partial charge in [0.05, 0.1) is 12.6 Å². The lowest BCUT2D eigenvalue weighted by molar-refractivity contribution is -0.137. The molecule has 3 aliphatic rings. The molecule has 1 aromatic carbocycles. The highest BCUT2D eigenvalue weighted by atomic mass is 19.1. The van der Waals surface area contributed by atoms with Crippen molar-refractivity contribution >= 4 is 17.4 Å². The first kappa shape index (κ1) is 22.8. The van der Waals surface area contributed by atoms with Gasteiger partial charge in [-0.05, 0) is 103 Å². The van der Waals surface area contributed by atoms with E-state index in [2.05, 4.69) is 29.4 Å². The summed E-state index contributed by atoms with van der Waals surface area (Å²) in [5.41, 5.74) is 5.38. The number of carbonyl (C=O) groups is 2. The van der Waals surface area contributed by atoms with Crippen molar-refractivity contribution < 1.29 is 19.1 Å². The summed E-state index contributed by atoms with van der Waals surface area (Å²) in [4.78, 5) is 27.6. The third kappa shape index (κ3) is 3.93. The third-order valence-corrected chi connectivity index (χ3v) is 8.44. The highest BCUT2D eigenvalue weighted by molar-refractivity contribution is 5.95. The van der Waals surface area contributed by atoms with Crippen LogP contribution in [-0.4, -0.2) is 28.0 Å². The second-order valence-corrected chi connectivity index (χ2v) is 10.5. The van der Waals surface area contributed by atoms with Crippen LogP contribution in [0.15, 0.2) is 42.7 Å². The van der Waals surface area contributed by atoms with Gasteiger partial charge in [-0.25, -0.2) is 4.39 Å². The van der Waals surface area contributed by atoms with Crippen LogP contribution in [0.4, 0.5) is 4.39 Å². The zero-order valence-corrected chi connectivity index (χ0v) is 19.7. The topological polar surface area (TPSA) is 79.3 Å². The molecular weight excluding hydrogens is 431 g/mol. The number of nitrogens with zero attached hydrogens (tertiary/aromatic N) is 1. The van der Waals surface area contributed by atoms with Crippen molar-refractivity contribution in [2.75, 3.05) is 0 Å². The van der Waals surface area contributed by atoms with Crippen LogP contribution in [-0.2, 0) is 11.2 Å².